The lowest BCUT2D eigenvalue weighted by Gasteiger charge is -2.07. The lowest BCUT2D eigenvalue weighted by Crippen LogP contribution is -2.14. The minimum atomic E-state index is 0.0851. The molecule has 0 unspecified atom stereocenters. The molecule has 20 heavy (non-hydrogen) atoms. The fraction of sp³-hybridized carbons (Fsp3) is 0.286. The number of oxime groups is 1. The summed E-state index contributed by atoms with van der Waals surface area (Å²) < 4.78 is 1.75. The van der Waals surface area contributed by atoms with E-state index < -0.39 is 0 Å². The number of amidine groups is 1. The molecule has 0 bridgehead atoms. The molecule has 1 aromatic carbocycles. The van der Waals surface area contributed by atoms with Gasteiger partial charge in [-0.15, -0.1) is 0 Å². The van der Waals surface area contributed by atoms with E-state index in [4.69, 9.17) is 10.9 Å². The molecule has 0 fully saturated rings. The molecule has 3 N–H and O–H groups in total. The summed E-state index contributed by atoms with van der Waals surface area (Å²) in [5, 5.41) is 17.2. The first-order valence-electron chi connectivity index (χ1n) is 6.20. The van der Waals surface area contributed by atoms with Crippen LogP contribution in [0.15, 0.2) is 33.3 Å². The summed E-state index contributed by atoms with van der Waals surface area (Å²) in [5.74, 6) is 0.0851. The lowest BCUT2D eigenvalue weighted by molar-refractivity contribution is 0.318. The van der Waals surface area contributed by atoms with E-state index in [2.05, 4.69) is 42.3 Å². The van der Waals surface area contributed by atoms with Crippen molar-refractivity contribution in [3.05, 3.63) is 40.6 Å². The van der Waals surface area contributed by atoms with Crippen molar-refractivity contribution in [2.45, 2.75) is 30.7 Å². The molecule has 6 heteroatoms. The predicted octanol–water partition coefficient (Wildman–Crippen LogP) is 2.59. The van der Waals surface area contributed by atoms with Crippen LogP contribution in [0.2, 0.25) is 0 Å². The number of nitrogens with two attached hydrogens (primary N) is 1. The molecule has 106 valence electrons. The van der Waals surface area contributed by atoms with Crippen molar-refractivity contribution < 1.29 is 5.21 Å². The van der Waals surface area contributed by atoms with Crippen LogP contribution in [0, 0.1) is 20.8 Å². The molecule has 1 aromatic heterocycles. The maximum absolute atomic E-state index is 8.91. The summed E-state index contributed by atoms with van der Waals surface area (Å²) in [6.07, 6.45) is 0. The summed E-state index contributed by atoms with van der Waals surface area (Å²) in [5.41, 5.74) is 9.67. The third-order valence-corrected chi connectivity index (χ3v) is 4.38. The molecule has 0 spiro atoms. The Bertz CT molecular complexity index is 676. The van der Waals surface area contributed by atoms with Crippen LogP contribution in [-0.4, -0.2) is 20.8 Å². The number of hydrogen-bond donors (Lipinski definition) is 2. The SMILES string of the molecule is Cc1ccc(Sc2c(C(N)=NO)c(C)nn2C)cc1C. The van der Waals surface area contributed by atoms with Crippen molar-refractivity contribution in [3.8, 4) is 0 Å². The summed E-state index contributed by atoms with van der Waals surface area (Å²) in [7, 11) is 1.85. The molecular weight excluding hydrogens is 272 g/mol. The first-order valence-corrected chi connectivity index (χ1v) is 7.02. The Hall–Kier alpha value is -1.95. The Morgan fingerprint density at radius 3 is 2.60 bits per heavy atom. The normalized spacial score (nSPS) is 11.9. The van der Waals surface area contributed by atoms with Crippen LogP contribution in [0.4, 0.5) is 0 Å². The Morgan fingerprint density at radius 1 is 1.30 bits per heavy atom. The van der Waals surface area contributed by atoms with Gasteiger partial charge < -0.3 is 10.9 Å². The van der Waals surface area contributed by atoms with Gasteiger partial charge in [0.15, 0.2) is 5.84 Å². The van der Waals surface area contributed by atoms with Gasteiger partial charge in [0.1, 0.15) is 5.03 Å². The molecular formula is C14H18N4OS. The molecule has 0 radical (unpaired) electrons. The van der Waals surface area contributed by atoms with Gasteiger partial charge in [-0.05, 0) is 44.0 Å². The molecule has 5 nitrogen and oxygen atoms in total. The second-order valence-corrected chi connectivity index (χ2v) is 5.78. The molecule has 0 saturated heterocycles. The van der Waals surface area contributed by atoms with Crippen LogP contribution in [0.3, 0.4) is 0 Å². The molecule has 0 amide bonds. The Morgan fingerprint density at radius 2 is 2.00 bits per heavy atom. The van der Waals surface area contributed by atoms with Crippen LogP contribution in [-0.2, 0) is 7.05 Å². The van der Waals surface area contributed by atoms with Gasteiger partial charge in [-0.25, -0.2) is 0 Å². The first kappa shape index (κ1) is 14.5. The van der Waals surface area contributed by atoms with E-state index >= 15 is 0 Å². The number of rotatable bonds is 3. The smallest absolute Gasteiger partial charge is 0.174 e. The van der Waals surface area contributed by atoms with Crippen molar-refractivity contribution >= 4 is 17.6 Å². The van der Waals surface area contributed by atoms with Gasteiger partial charge in [0.2, 0.25) is 0 Å². The molecule has 2 aromatic rings. The fourth-order valence-electron chi connectivity index (χ4n) is 1.99. The largest absolute Gasteiger partial charge is 0.409 e. The Kier molecular flexibility index (Phi) is 4.04. The standard InChI is InChI=1S/C14H18N4OS/c1-8-5-6-11(7-9(8)2)20-14-12(13(15)17-19)10(3)16-18(14)4/h5-7,19H,1-4H3,(H2,15,17). The molecule has 0 atom stereocenters. The van der Waals surface area contributed by atoms with E-state index in [1.807, 2.05) is 14.0 Å². The average molecular weight is 290 g/mol. The minimum absolute atomic E-state index is 0.0851. The third kappa shape index (κ3) is 2.65. The second kappa shape index (κ2) is 5.58. The summed E-state index contributed by atoms with van der Waals surface area (Å²) >= 11 is 1.56. The van der Waals surface area contributed by atoms with Gasteiger partial charge in [0.25, 0.3) is 0 Å². The maximum Gasteiger partial charge on any atom is 0.174 e. The van der Waals surface area contributed by atoms with E-state index in [0.29, 0.717) is 5.56 Å². The average Bonchev–Trinajstić information content (AvgIpc) is 2.68. The van der Waals surface area contributed by atoms with Crippen LogP contribution in [0.25, 0.3) is 0 Å². The molecule has 1 heterocycles. The van der Waals surface area contributed by atoms with Crippen molar-refractivity contribution in [1.82, 2.24) is 9.78 Å². The van der Waals surface area contributed by atoms with Gasteiger partial charge >= 0.3 is 0 Å². The Balaban J connectivity index is 2.45. The molecule has 0 aliphatic heterocycles. The topological polar surface area (TPSA) is 76.4 Å². The highest BCUT2D eigenvalue weighted by Gasteiger charge is 2.18. The number of aryl methyl sites for hydroxylation is 4. The van der Waals surface area contributed by atoms with E-state index in [9.17, 15) is 0 Å². The highest BCUT2D eigenvalue weighted by Crippen LogP contribution is 2.32. The van der Waals surface area contributed by atoms with Crippen LogP contribution < -0.4 is 5.73 Å². The summed E-state index contributed by atoms with van der Waals surface area (Å²) in [6.45, 7) is 6.01. The highest BCUT2D eigenvalue weighted by atomic mass is 32.2. The quantitative estimate of drug-likeness (QED) is 0.394. The molecule has 0 aliphatic rings. The number of aromatic nitrogens is 2. The van der Waals surface area contributed by atoms with Crippen LogP contribution in [0.5, 0.6) is 0 Å². The van der Waals surface area contributed by atoms with Gasteiger partial charge in [-0.1, -0.05) is 23.0 Å². The van der Waals surface area contributed by atoms with Crippen molar-refractivity contribution in [2.24, 2.45) is 17.9 Å². The van der Waals surface area contributed by atoms with Crippen molar-refractivity contribution in [1.29, 1.82) is 0 Å². The zero-order valence-electron chi connectivity index (χ0n) is 12.0. The van der Waals surface area contributed by atoms with Gasteiger partial charge in [0.05, 0.1) is 11.3 Å². The van der Waals surface area contributed by atoms with Crippen LogP contribution >= 0.6 is 11.8 Å². The molecule has 0 aliphatic carbocycles. The van der Waals surface area contributed by atoms with Crippen molar-refractivity contribution in [2.75, 3.05) is 0 Å². The van der Waals surface area contributed by atoms with Crippen molar-refractivity contribution in [3.63, 3.8) is 0 Å². The third-order valence-electron chi connectivity index (χ3n) is 3.23. The Labute approximate surface area is 122 Å². The van der Waals surface area contributed by atoms with Gasteiger partial charge in [-0.3, -0.25) is 4.68 Å². The highest BCUT2D eigenvalue weighted by molar-refractivity contribution is 7.99. The second-order valence-electron chi connectivity index (χ2n) is 4.72. The van der Waals surface area contributed by atoms with E-state index in [0.717, 1.165) is 15.6 Å². The number of benzene rings is 1. The first-order chi connectivity index (χ1) is 9.43. The molecule has 0 saturated carbocycles. The van der Waals surface area contributed by atoms with Gasteiger partial charge in [0, 0.05) is 11.9 Å². The number of hydrogen-bond acceptors (Lipinski definition) is 4. The summed E-state index contributed by atoms with van der Waals surface area (Å²) in [4.78, 5) is 1.10. The predicted molar refractivity (Wildman–Crippen MR) is 80.5 cm³/mol. The lowest BCUT2D eigenvalue weighted by atomic mass is 10.1. The molecule has 2 rings (SSSR count). The van der Waals surface area contributed by atoms with Gasteiger partial charge in [-0.2, -0.15) is 5.10 Å². The van der Waals surface area contributed by atoms with E-state index in [1.165, 1.54) is 11.1 Å². The maximum atomic E-state index is 8.91. The van der Waals surface area contributed by atoms with E-state index in [-0.39, 0.29) is 5.84 Å². The van der Waals surface area contributed by atoms with Crippen LogP contribution in [0.1, 0.15) is 22.4 Å². The monoisotopic (exact) mass is 290 g/mol. The zero-order chi connectivity index (χ0) is 14.9. The summed E-state index contributed by atoms with van der Waals surface area (Å²) in [6, 6.07) is 6.27. The number of nitrogens with zero attached hydrogens (tertiary/aromatic N) is 3. The minimum Gasteiger partial charge on any atom is -0.409 e. The zero-order valence-corrected chi connectivity index (χ0v) is 12.8. The van der Waals surface area contributed by atoms with E-state index in [1.54, 1.807) is 16.4 Å². The fourth-order valence-corrected chi connectivity index (χ4v) is 3.11.